The predicted octanol–water partition coefficient (Wildman–Crippen LogP) is 2.08. The van der Waals surface area contributed by atoms with Crippen LogP contribution in [0.3, 0.4) is 0 Å². The standard InChI is InChI=1S/C11H16N2O2/c1-11(2,3)15-10(14)8-5-6-13-9(7-8)12-4/h5-7H,1-4H3,(H,12,13). The zero-order valence-corrected chi connectivity index (χ0v) is 9.50. The summed E-state index contributed by atoms with van der Waals surface area (Å²) in [5, 5.41) is 2.87. The minimum Gasteiger partial charge on any atom is -0.456 e. The fourth-order valence-corrected chi connectivity index (χ4v) is 1.03. The molecule has 4 nitrogen and oxygen atoms in total. The lowest BCUT2D eigenvalue weighted by Gasteiger charge is -2.19. The van der Waals surface area contributed by atoms with Gasteiger partial charge in [0.05, 0.1) is 5.56 Å². The molecule has 0 aliphatic heterocycles. The highest BCUT2D eigenvalue weighted by atomic mass is 16.6. The number of pyridine rings is 1. The van der Waals surface area contributed by atoms with E-state index < -0.39 is 5.60 Å². The van der Waals surface area contributed by atoms with E-state index in [-0.39, 0.29) is 5.97 Å². The van der Waals surface area contributed by atoms with Crippen molar-refractivity contribution in [2.24, 2.45) is 0 Å². The lowest BCUT2D eigenvalue weighted by Crippen LogP contribution is -2.23. The highest BCUT2D eigenvalue weighted by Gasteiger charge is 2.17. The number of nitrogens with zero attached hydrogens (tertiary/aromatic N) is 1. The van der Waals surface area contributed by atoms with Gasteiger partial charge >= 0.3 is 5.97 Å². The van der Waals surface area contributed by atoms with E-state index in [4.69, 9.17) is 4.74 Å². The van der Waals surface area contributed by atoms with Crippen LogP contribution < -0.4 is 5.32 Å². The second kappa shape index (κ2) is 4.29. The first-order valence-corrected chi connectivity index (χ1v) is 4.79. The number of hydrogen-bond donors (Lipinski definition) is 1. The first-order chi connectivity index (χ1) is 6.92. The summed E-state index contributed by atoms with van der Waals surface area (Å²) in [6.07, 6.45) is 1.57. The van der Waals surface area contributed by atoms with Crippen LogP contribution in [0.2, 0.25) is 0 Å². The molecular weight excluding hydrogens is 192 g/mol. The van der Waals surface area contributed by atoms with Crippen molar-refractivity contribution in [2.45, 2.75) is 26.4 Å². The lowest BCUT2D eigenvalue weighted by molar-refractivity contribution is 0.00695. The first-order valence-electron chi connectivity index (χ1n) is 4.79. The molecule has 1 rings (SSSR count). The average Bonchev–Trinajstić information content (AvgIpc) is 2.15. The Bertz CT molecular complexity index is 356. The van der Waals surface area contributed by atoms with Crippen molar-refractivity contribution < 1.29 is 9.53 Å². The fourth-order valence-electron chi connectivity index (χ4n) is 1.03. The van der Waals surface area contributed by atoms with E-state index in [9.17, 15) is 4.79 Å². The van der Waals surface area contributed by atoms with Crippen molar-refractivity contribution in [2.75, 3.05) is 12.4 Å². The van der Waals surface area contributed by atoms with Crippen LogP contribution in [-0.2, 0) is 4.74 Å². The SMILES string of the molecule is CNc1cc(C(=O)OC(C)(C)C)ccn1. The van der Waals surface area contributed by atoms with Gasteiger partial charge in [-0.15, -0.1) is 0 Å². The molecule has 1 heterocycles. The zero-order chi connectivity index (χ0) is 11.5. The van der Waals surface area contributed by atoms with Crippen LogP contribution in [0.25, 0.3) is 0 Å². The fraction of sp³-hybridized carbons (Fsp3) is 0.455. The molecule has 1 N–H and O–H groups in total. The van der Waals surface area contributed by atoms with E-state index in [1.807, 2.05) is 20.8 Å². The van der Waals surface area contributed by atoms with Crippen molar-refractivity contribution in [3.05, 3.63) is 23.9 Å². The van der Waals surface area contributed by atoms with Crippen LogP contribution in [0.4, 0.5) is 5.82 Å². The zero-order valence-electron chi connectivity index (χ0n) is 9.50. The van der Waals surface area contributed by atoms with Gasteiger partial charge in [0.2, 0.25) is 0 Å². The first kappa shape index (κ1) is 11.5. The van der Waals surface area contributed by atoms with Gasteiger partial charge in [-0.2, -0.15) is 0 Å². The van der Waals surface area contributed by atoms with E-state index in [0.717, 1.165) is 0 Å². The number of rotatable bonds is 2. The van der Waals surface area contributed by atoms with Gasteiger partial charge in [0.1, 0.15) is 11.4 Å². The quantitative estimate of drug-likeness (QED) is 0.756. The summed E-state index contributed by atoms with van der Waals surface area (Å²) in [6, 6.07) is 3.29. The summed E-state index contributed by atoms with van der Waals surface area (Å²) in [6.45, 7) is 5.52. The van der Waals surface area contributed by atoms with E-state index in [1.54, 1.807) is 25.4 Å². The summed E-state index contributed by atoms with van der Waals surface area (Å²) >= 11 is 0. The minimum atomic E-state index is -0.472. The van der Waals surface area contributed by atoms with E-state index in [0.29, 0.717) is 11.4 Å². The number of hydrogen-bond acceptors (Lipinski definition) is 4. The van der Waals surface area contributed by atoms with Crippen molar-refractivity contribution in [3.63, 3.8) is 0 Å². The lowest BCUT2D eigenvalue weighted by atomic mass is 10.2. The Morgan fingerprint density at radius 1 is 1.47 bits per heavy atom. The molecule has 0 atom stereocenters. The molecule has 0 saturated heterocycles. The molecule has 0 radical (unpaired) electrons. The summed E-state index contributed by atoms with van der Waals surface area (Å²) in [4.78, 5) is 15.7. The third-order valence-corrected chi connectivity index (χ3v) is 1.65. The number of ether oxygens (including phenoxy) is 1. The number of carbonyl (C=O) groups excluding carboxylic acids is 1. The van der Waals surface area contributed by atoms with Gasteiger partial charge in [-0.25, -0.2) is 9.78 Å². The number of anilines is 1. The Labute approximate surface area is 89.7 Å². The molecule has 0 amide bonds. The van der Waals surface area contributed by atoms with Crippen molar-refractivity contribution in [1.82, 2.24) is 4.98 Å². The highest BCUT2D eigenvalue weighted by molar-refractivity contribution is 5.90. The molecule has 4 heteroatoms. The summed E-state index contributed by atoms with van der Waals surface area (Å²) in [5.41, 5.74) is 0.0319. The molecule has 1 aromatic rings. The molecule has 0 unspecified atom stereocenters. The van der Waals surface area contributed by atoms with Gasteiger partial charge in [-0.05, 0) is 32.9 Å². The Kier molecular flexibility index (Phi) is 3.29. The number of aromatic nitrogens is 1. The van der Waals surface area contributed by atoms with Crippen molar-refractivity contribution in [3.8, 4) is 0 Å². The van der Waals surface area contributed by atoms with Crippen LogP contribution in [0.5, 0.6) is 0 Å². The minimum absolute atomic E-state index is 0.332. The second-order valence-electron chi connectivity index (χ2n) is 4.18. The number of carbonyl (C=O) groups is 1. The molecular formula is C11H16N2O2. The topological polar surface area (TPSA) is 51.2 Å². The maximum absolute atomic E-state index is 11.7. The van der Waals surface area contributed by atoms with Crippen molar-refractivity contribution in [1.29, 1.82) is 0 Å². The Morgan fingerprint density at radius 3 is 2.67 bits per heavy atom. The van der Waals surface area contributed by atoms with Gasteiger partial charge in [0, 0.05) is 13.2 Å². The monoisotopic (exact) mass is 208 g/mol. The predicted molar refractivity (Wildman–Crippen MR) is 59.0 cm³/mol. The van der Waals surface area contributed by atoms with Gasteiger partial charge < -0.3 is 10.1 Å². The summed E-state index contributed by atoms with van der Waals surface area (Å²) in [5.74, 6) is 0.319. The van der Waals surface area contributed by atoms with Crippen LogP contribution >= 0.6 is 0 Å². The normalized spacial score (nSPS) is 10.9. The van der Waals surface area contributed by atoms with Crippen LogP contribution in [-0.4, -0.2) is 23.6 Å². The molecule has 0 saturated carbocycles. The summed E-state index contributed by atoms with van der Waals surface area (Å²) < 4.78 is 5.23. The van der Waals surface area contributed by atoms with Gasteiger partial charge in [-0.1, -0.05) is 0 Å². The van der Waals surface area contributed by atoms with Crippen LogP contribution in [0.1, 0.15) is 31.1 Å². The average molecular weight is 208 g/mol. The maximum Gasteiger partial charge on any atom is 0.338 e. The van der Waals surface area contributed by atoms with Crippen molar-refractivity contribution >= 4 is 11.8 Å². The molecule has 0 aliphatic rings. The Balaban J connectivity index is 2.82. The van der Waals surface area contributed by atoms with Gasteiger partial charge in [0.15, 0.2) is 0 Å². The molecule has 0 aromatic carbocycles. The highest BCUT2D eigenvalue weighted by Crippen LogP contribution is 2.13. The van der Waals surface area contributed by atoms with E-state index in [1.165, 1.54) is 0 Å². The number of esters is 1. The molecule has 82 valence electrons. The second-order valence-corrected chi connectivity index (χ2v) is 4.18. The largest absolute Gasteiger partial charge is 0.456 e. The third kappa shape index (κ3) is 3.58. The molecule has 15 heavy (non-hydrogen) atoms. The molecule has 0 spiro atoms. The van der Waals surface area contributed by atoms with Gasteiger partial charge in [-0.3, -0.25) is 0 Å². The van der Waals surface area contributed by atoms with E-state index >= 15 is 0 Å². The molecule has 0 bridgehead atoms. The Morgan fingerprint density at radius 2 is 2.13 bits per heavy atom. The maximum atomic E-state index is 11.7. The number of nitrogens with one attached hydrogen (secondary N) is 1. The van der Waals surface area contributed by atoms with Crippen LogP contribution in [0, 0.1) is 0 Å². The van der Waals surface area contributed by atoms with Gasteiger partial charge in [0.25, 0.3) is 0 Å². The van der Waals surface area contributed by atoms with Crippen LogP contribution in [0.15, 0.2) is 18.3 Å². The third-order valence-electron chi connectivity index (χ3n) is 1.65. The summed E-state index contributed by atoms with van der Waals surface area (Å²) in [7, 11) is 1.75. The molecule has 1 aromatic heterocycles. The van der Waals surface area contributed by atoms with E-state index in [2.05, 4.69) is 10.3 Å². The Hall–Kier alpha value is -1.58. The molecule has 0 fully saturated rings. The smallest absolute Gasteiger partial charge is 0.338 e. The molecule has 0 aliphatic carbocycles.